The molecule has 0 saturated carbocycles. The number of H-pyrrole nitrogens is 1. The van der Waals surface area contributed by atoms with E-state index in [0.717, 1.165) is 51.8 Å². The molecule has 0 radical (unpaired) electrons. The number of nitrogens with one attached hydrogen (secondary N) is 2. The molecule has 1 saturated heterocycles. The number of fused-ring (bicyclic) bond motifs is 2. The number of carboxylic acids is 1. The highest BCUT2D eigenvalue weighted by molar-refractivity contribution is 5.98. The van der Waals surface area contributed by atoms with Gasteiger partial charge in [-0.2, -0.15) is 5.10 Å². The zero-order valence-corrected chi connectivity index (χ0v) is 15.1. The van der Waals surface area contributed by atoms with Crippen LogP contribution in [0.3, 0.4) is 0 Å². The number of halogens is 1. The van der Waals surface area contributed by atoms with Crippen molar-refractivity contribution in [2.24, 2.45) is 0 Å². The smallest absolute Gasteiger partial charge is 0.303 e. The highest BCUT2D eigenvalue weighted by atomic mass is 19.1. The van der Waals surface area contributed by atoms with Crippen LogP contribution in [0, 0.1) is 5.82 Å². The second kappa shape index (κ2) is 6.45. The number of aryl methyl sites for hydroxylation is 1. The first-order chi connectivity index (χ1) is 13.6. The third-order valence-electron chi connectivity index (χ3n) is 5.51. The predicted molar refractivity (Wildman–Crippen MR) is 104 cm³/mol. The number of hydrogen-bond donors (Lipinski definition) is 3. The lowest BCUT2D eigenvalue weighted by Gasteiger charge is -2.30. The Hall–Kier alpha value is -3.19. The fourth-order valence-corrected chi connectivity index (χ4v) is 4.08. The molecule has 2 aromatic heterocycles. The van der Waals surface area contributed by atoms with Crippen LogP contribution in [0.15, 0.2) is 42.6 Å². The van der Waals surface area contributed by atoms with E-state index < -0.39 is 5.97 Å². The van der Waals surface area contributed by atoms with Crippen molar-refractivity contribution in [3.05, 3.63) is 59.7 Å². The Labute approximate surface area is 160 Å². The molecule has 6 nitrogen and oxygen atoms in total. The summed E-state index contributed by atoms with van der Waals surface area (Å²) in [6, 6.07) is 10.6. The number of carbonyl (C=O) groups is 1. The Bertz CT molecular complexity index is 1190. The summed E-state index contributed by atoms with van der Waals surface area (Å²) >= 11 is 0. The second-order valence-electron chi connectivity index (χ2n) is 7.25. The first-order valence-electron chi connectivity index (χ1n) is 9.30. The largest absolute Gasteiger partial charge is 0.481 e. The predicted octanol–water partition coefficient (Wildman–Crippen LogP) is 3.35. The van der Waals surface area contributed by atoms with Gasteiger partial charge in [-0.25, -0.2) is 4.39 Å². The lowest BCUT2D eigenvalue weighted by atomic mass is 9.92. The van der Waals surface area contributed by atoms with Crippen molar-refractivity contribution in [3.63, 3.8) is 0 Å². The molecule has 7 heteroatoms. The average molecular weight is 378 g/mol. The number of aromatic amines is 1. The molecular formula is C21H19FN4O2. The molecule has 3 heterocycles. The molecule has 5 rings (SSSR count). The summed E-state index contributed by atoms with van der Waals surface area (Å²) in [5.74, 6) is -0.809. The maximum atomic E-state index is 13.5. The van der Waals surface area contributed by atoms with E-state index in [1.165, 1.54) is 12.1 Å². The van der Waals surface area contributed by atoms with Gasteiger partial charge in [-0.3, -0.25) is 9.89 Å². The van der Waals surface area contributed by atoms with Crippen LogP contribution in [-0.2, 0) is 11.2 Å². The van der Waals surface area contributed by atoms with Crippen molar-refractivity contribution in [2.75, 3.05) is 13.1 Å². The molecule has 28 heavy (non-hydrogen) atoms. The van der Waals surface area contributed by atoms with Gasteiger partial charge in [0.05, 0.1) is 17.2 Å². The molecular weight excluding hydrogens is 359 g/mol. The highest BCUT2D eigenvalue weighted by Gasteiger charge is 2.29. The third-order valence-corrected chi connectivity index (χ3v) is 5.51. The van der Waals surface area contributed by atoms with Crippen LogP contribution in [0.5, 0.6) is 0 Å². The van der Waals surface area contributed by atoms with E-state index in [9.17, 15) is 14.3 Å². The molecule has 0 amide bonds. The van der Waals surface area contributed by atoms with E-state index >= 15 is 0 Å². The van der Waals surface area contributed by atoms with Gasteiger partial charge in [-0.1, -0.05) is 0 Å². The van der Waals surface area contributed by atoms with Crippen LogP contribution in [-0.4, -0.2) is 38.9 Å². The number of aliphatic carboxylic acids is 1. The van der Waals surface area contributed by atoms with Crippen molar-refractivity contribution in [1.82, 2.24) is 20.1 Å². The molecule has 0 aliphatic carbocycles. The molecule has 0 atom stereocenters. The quantitative estimate of drug-likeness (QED) is 0.497. The molecule has 0 bridgehead atoms. The van der Waals surface area contributed by atoms with Gasteiger partial charge in [-0.05, 0) is 48.4 Å². The fraction of sp³-hybridized carbons (Fsp3) is 0.238. The maximum Gasteiger partial charge on any atom is 0.303 e. The first kappa shape index (κ1) is 16.9. The zero-order valence-electron chi connectivity index (χ0n) is 15.1. The van der Waals surface area contributed by atoms with E-state index in [-0.39, 0.29) is 18.2 Å². The van der Waals surface area contributed by atoms with E-state index in [1.807, 2.05) is 6.07 Å². The molecule has 2 aromatic carbocycles. The van der Waals surface area contributed by atoms with Crippen molar-refractivity contribution >= 4 is 27.8 Å². The van der Waals surface area contributed by atoms with Gasteiger partial charge >= 0.3 is 5.97 Å². The van der Waals surface area contributed by atoms with Gasteiger partial charge in [0.25, 0.3) is 0 Å². The number of benzene rings is 2. The molecule has 142 valence electrons. The summed E-state index contributed by atoms with van der Waals surface area (Å²) in [6.07, 6.45) is 2.29. The Morgan fingerprint density at radius 1 is 1.25 bits per heavy atom. The number of rotatable bonds is 5. The monoisotopic (exact) mass is 378 g/mol. The number of aromatic nitrogens is 3. The number of nitrogens with zero attached hydrogens (tertiary/aromatic N) is 2. The molecule has 0 unspecified atom stereocenters. The van der Waals surface area contributed by atoms with Gasteiger partial charge in [0.1, 0.15) is 5.82 Å². The van der Waals surface area contributed by atoms with Crippen molar-refractivity contribution in [3.8, 4) is 5.69 Å². The van der Waals surface area contributed by atoms with E-state index in [1.54, 1.807) is 18.3 Å². The SMILES string of the molecule is O=C(O)CCc1c(C2CNC2)n(-c2ccc(F)cc2)c2cc3cn[nH]c3cc12. The number of hydrogen-bond acceptors (Lipinski definition) is 3. The van der Waals surface area contributed by atoms with E-state index in [2.05, 4.69) is 26.1 Å². The highest BCUT2D eigenvalue weighted by Crippen LogP contribution is 2.38. The van der Waals surface area contributed by atoms with E-state index in [0.29, 0.717) is 6.42 Å². The summed E-state index contributed by atoms with van der Waals surface area (Å²) in [6.45, 7) is 1.69. The van der Waals surface area contributed by atoms with Gasteiger partial charge < -0.3 is 15.0 Å². The van der Waals surface area contributed by atoms with Gasteiger partial charge in [0.2, 0.25) is 0 Å². The minimum atomic E-state index is -0.817. The van der Waals surface area contributed by atoms with E-state index in [4.69, 9.17) is 0 Å². The standard InChI is InChI=1S/C21H19FN4O2/c22-14-1-3-15(4-2-14)26-19-7-12-11-24-25-18(12)8-17(19)16(5-6-20(27)28)21(26)13-9-23-10-13/h1-4,7-8,11,13,23H,5-6,9-10H2,(H,24,25)(H,27,28). The topological polar surface area (TPSA) is 82.9 Å². The summed E-state index contributed by atoms with van der Waals surface area (Å²) in [4.78, 5) is 11.3. The Morgan fingerprint density at radius 2 is 2.04 bits per heavy atom. The fourth-order valence-electron chi connectivity index (χ4n) is 4.08. The van der Waals surface area contributed by atoms with Crippen LogP contribution < -0.4 is 5.32 Å². The van der Waals surface area contributed by atoms with Crippen LogP contribution in [0.2, 0.25) is 0 Å². The van der Waals surface area contributed by atoms with Crippen molar-refractivity contribution < 1.29 is 14.3 Å². The van der Waals surface area contributed by atoms with Crippen molar-refractivity contribution in [1.29, 1.82) is 0 Å². The summed E-state index contributed by atoms with van der Waals surface area (Å²) in [5.41, 5.74) is 4.94. The zero-order chi connectivity index (χ0) is 19.3. The lowest BCUT2D eigenvalue weighted by molar-refractivity contribution is -0.136. The van der Waals surface area contributed by atoms with Crippen LogP contribution in [0.1, 0.15) is 23.6 Å². The Morgan fingerprint density at radius 3 is 2.71 bits per heavy atom. The molecule has 1 aliphatic rings. The molecule has 1 fully saturated rings. The normalized spacial score (nSPS) is 14.6. The molecule has 1 aliphatic heterocycles. The Kier molecular flexibility index (Phi) is 3.91. The number of carboxylic acid groups (broad SMARTS) is 1. The first-order valence-corrected chi connectivity index (χ1v) is 9.30. The lowest BCUT2D eigenvalue weighted by Crippen LogP contribution is -2.41. The third kappa shape index (κ3) is 2.66. The van der Waals surface area contributed by atoms with Gasteiger partial charge in [0, 0.05) is 47.6 Å². The summed E-state index contributed by atoms with van der Waals surface area (Å²) in [5, 5.41) is 21.7. The van der Waals surface area contributed by atoms with Crippen molar-refractivity contribution in [2.45, 2.75) is 18.8 Å². The molecule has 4 aromatic rings. The van der Waals surface area contributed by atoms with Crippen LogP contribution >= 0.6 is 0 Å². The minimum Gasteiger partial charge on any atom is -0.481 e. The minimum absolute atomic E-state index is 0.0662. The summed E-state index contributed by atoms with van der Waals surface area (Å²) in [7, 11) is 0. The molecule has 3 N–H and O–H groups in total. The van der Waals surface area contributed by atoms with Gasteiger partial charge in [-0.15, -0.1) is 0 Å². The second-order valence-corrected chi connectivity index (χ2v) is 7.25. The van der Waals surface area contributed by atoms with Crippen LogP contribution in [0.4, 0.5) is 4.39 Å². The average Bonchev–Trinajstić information content (AvgIpc) is 3.19. The summed E-state index contributed by atoms with van der Waals surface area (Å²) < 4.78 is 15.7. The Balaban J connectivity index is 1.83. The maximum absolute atomic E-state index is 13.5. The van der Waals surface area contributed by atoms with Gasteiger partial charge in [0.15, 0.2) is 0 Å². The van der Waals surface area contributed by atoms with Crippen LogP contribution in [0.25, 0.3) is 27.5 Å². The molecule has 0 spiro atoms.